The van der Waals surface area contributed by atoms with Gasteiger partial charge in [-0.3, -0.25) is 4.79 Å². The van der Waals surface area contributed by atoms with Gasteiger partial charge in [-0.15, -0.1) is 0 Å². The summed E-state index contributed by atoms with van der Waals surface area (Å²) in [5.41, 5.74) is 3.99. The van der Waals surface area contributed by atoms with E-state index in [4.69, 9.17) is 14.4 Å². The van der Waals surface area contributed by atoms with Gasteiger partial charge in [0.05, 0.1) is 5.56 Å². The van der Waals surface area contributed by atoms with E-state index in [-0.39, 0.29) is 12.3 Å². The molecule has 0 aliphatic rings. The van der Waals surface area contributed by atoms with E-state index in [2.05, 4.69) is 19.0 Å². The average Bonchev–Trinajstić information content (AvgIpc) is 3.15. The number of carboxylic acid groups (broad SMARTS) is 1. The third-order valence-electron chi connectivity index (χ3n) is 4.80. The highest BCUT2D eigenvalue weighted by molar-refractivity contribution is 5.66. The van der Waals surface area contributed by atoms with Crippen molar-refractivity contribution in [3.05, 3.63) is 71.5 Å². The summed E-state index contributed by atoms with van der Waals surface area (Å²) in [5, 5.41) is 13.0. The highest BCUT2D eigenvalue weighted by atomic mass is 16.5. The van der Waals surface area contributed by atoms with E-state index >= 15 is 0 Å². The maximum atomic E-state index is 10.6. The molecule has 0 aliphatic carbocycles. The first-order valence-electron chi connectivity index (χ1n) is 10.0. The van der Waals surface area contributed by atoms with Crippen LogP contribution in [0.3, 0.4) is 0 Å². The number of rotatable bonds is 10. The van der Waals surface area contributed by atoms with Crippen LogP contribution in [-0.2, 0) is 17.8 Å². The first-order valence-corrected chi connectivity index (χ1v) is 10.0. The topological polar surface area (TPSA) is 72.6 Å². The van der Waals surface area contributed by atoms with Crippen molar-refractivity contribution in [2.24, 2.45) is 0 Å². The summed E-state index contributed by atoms with van der Waals surface area (Å²) in [6, 6.07) is 18.0. The van der Waals surface area contributed by atoms with Crippen LogP contribution in [-0.4, -0.2) is 16.2 Å². The molecule has 1 N–H and O–H groups in total. The lowest BCUT2D eigenvalue weighted by Gasteiger charge is -2.10. The largest absolute Gasteiger partial charge is 0.489 e. The molecular weight excluding hydrogens is 366 g/mol. The van der Waals surface area contributed by atoms with E-state index in [0.29, 0.717) is 13.0 Å². The van der Waals surface area contributed by atoms with Crippen molar-refractivity contribution in [2.45, 2.75) is 52.1 Å². The number of aromatic nitrogens is 1. The standard InChI is InChI=1S/C24H27NO4/c1-17(2)24-21(23(25-29-24)19-9-4-3-5-10-19)16-28-20-14-12-18(13-15-20)8-6-7-11-22(26)27/h3-5,9-10,12-15,17H,6-8,11,16H2,1-2H3,(H,26,27). The fraction of sp³-hybridized carbons (Fsp3) is 0.333. The van der Waals surface area contributed by atoms with Crippen LogP contribution >= 0.6 is 0 Å². The second kappa shape index (κ2) is 9.92. The van der Waals surface area contributed by atoms with Crippen molar-refractivity contribution in [3.8, 4) is 17.0 Å². The Hall–Kier alpha value is -3.08. The molecule has 29 heavy (non-hydrogen) atoms. The second-order valence-corrected chi connectivity index (χ2v) is 7.43. The van der Waals surface area contributed by atoms with Crippen LogP contribution in [0, 0.1) is 0 Å². The molecule has 1 aromatic heterocycles. The number of aliphatic carboxylic acids is 1. The van der Waals surface area contributed by atoms with Gasteiger partial charge in [0.15, 0.2) is 0 Å². The molecule has 0 bridgehead atoms. The van der Waals surface area contributed by atoms with Crippen molar-refractivity contribution < 1.29 is 19.2 Å². The molecule has 0 atom stereocenters. The zero-order chi connectivity index (χ0) is 20.6. The molecule has 0 radical (unpaired) electrons. The van der Waals surface area contributed by atoms with Crippen molar-refractivity contribution in [1.82, 2.24) is 5.16 Å². The average molecular weight is 393 g/mol. The molecule has 2 aromatic carbocycles. The first kappa shape index (κ1) is 20.6. The van der Waals surface area contributed by atoms with E-state index in [9.17, 15) is 4.79 Å². The van der Waals surface area contributed by atoms with Gasteiger partial charge in [-0.2, -0.15) is 0 Å². The third-order valence-corrected chi connectivity index (χ3v) is 4.80. The lowest BCUT2D eigenvalue weighted by Crippen LogP contribution is -2.01. The van der Waals surface area contributed by atoms with Gasteiger partial charge in [-0.25, -0.2) is 0 Å². The van der Waals surface area contributed by atoms with E-state index in [1.54, 1.807) is 0 Å². The van der Waals surface area contributed by atoms with Crippen molar-refractivity contribution in [2.75, 3.05) is 0 Å². The quantitative estimate of drug-likeness (QED) is 0.438. The summed E-state index contributed by atoms with van der Waals surface area (Å²) in [4.78, 5) is 10.6. The van der Waals surface area contributed by atoms with E-state index < -0.39 is 5.97 Å². The third kappa shape index (κ3) is 5.70. The van der Waals surface area contributed by atoms with Gasteiger partial charge < -0.3 is 14.4 Å². The Balaban J connectivity index is 1.65. The predicted molar refractivity (Wildman–Crippen MR) is 112 cm³/mol. The zero-order valence-electron chi connectivity index (χ0n) is 16.9. The van der Waals surface area contributed by atoms with Gasteiger partial charge in [0, 0.05) is 17.9 Å². The lowest BCUT2D eigenvalue weighted by molar-refractivity contribution is -0.137. The number of unbranched alkanes of at least 4 members (excludes halogenated alkanes) is 1. The first-order chi connectivity index (χ1) is 14.0. The van der Waals surface area contributed by atoms with Crippen LogP contribution in [0.1, 0.15) is 55.9 Å². The van der Waals surface area contributed by atoms with Gasteiger partial charge in [0.25, 0.3) is 0 Å². The zero-order valence-corrected chi connectivity index (χ0v) is 16.9. The summed E-state index contributed by atoms with van der Waals surface area (Å²) in [5.74, 6) is 1.11. The Bertz CT molecular complexity index is 914. The van der Waals surface area contributed by atoms with E-state index in [0.717, 1.165) is 41.2 Å². The van der Waals surface area contributed by atoms with Crippen LogP contribution in [0.4, 0.5) is 0 Å². The van der Waals surface area contributed by atoms with Gasteiger partial charge in [0.1, 0.15) is 23.8 Å². The summed E-state index contributed by atoms with van der Waals surface area (Å²) >= 11 is 0. The highest BCUT2D eigenvalue weighted by Gasteiger charge is 2.20. The molecule has 5 heteroatoms. The number of nitrogens with zero attached hydrogens (tertiary/aromatic N) is 1. The van der Waals surface area contributed by atoms with Crippen molar-refractivity contribution in [3.63, 3.8) is 0 Å². The fourth-order valence-corrected chi connectivity index (χ4v) is 3.25. The van der Waals surface area contributed by atoms with Crippen LogP contribution in [0.15, 0.2) is 59.1 Å². The molecule has 0 unspecified atom stereocenters. The molecular formula is C24H27NO4. The summed E-state index contributed by atoms with van der Waals surface area (Å²) in [6.07, 6.45) is 2.66. The molecule has 0 spiro atoms. The number of hydrogen-bond acceptors (Lipinski definition) is 4. The minimum absolute atomic E-state index is 0.215. The minimum atomic E-state index is -0.738. The molecule has 3 rings (SSSR count). The number of ether oxygens (including phenoxy) is 1. The molecule has 0 amide bonds. The molecule has 1 heterocycles. The Labute approximate surface area is 171 Å². The Morgan fingerprint density at radius 2 is 1.79 bits per heavy atom. The van der Waals surface area contributed by atoms with Crippen LogP contribution in [0.2, 0.25) is 0 Å². The maximum Gasteiger partial charge on any atom is 0.303 e. The SMILES string of the molecule is CC(C)c1onc(-c2ccccc2)c1COc1ccc(CCCCC(=O)O)cc1. The summed E-state index contributed by atoms with van der Waals surface area (Å²) in [7, 11) is 0. The maximum absolute atomic E-state index is 10.6. The Morgan fingerprint density at radius 1 is 1.07 bits per heavy atom. The highest BCUT2D eigenvalue weighted by Crippen LogP contribution is 2.31. The molecule has 0 saturated heterocycles. The van der Waals surface area contributed by atoms with Crippen molar-refractivity contribution in [1.29, 1.82) is 0 Å². The van der Waals surface area contributed by atoms with Crippen molar-refractivity contribution >= 4 is 5.97 Å². The van der Waals surface area contributed by atoms with Gasteiger partial charge in [-0.05, 0) is 37.0 Å². The van der Waals surface area contributed by atoms with Gasteiger partial charge in [-0.1, -0.05) is 61.5 Å². The molecule has 5 nitrogen and oxygen atoms in total. The Kier molecular flexibility index (Phi) is 7.06. The molecule has 0 fully saturated rings. The van der Waals surface area contributed by atoms with Crippen LogP contribution in [0.5, 0.6) is 5.75 Å². The molecule has 152 valence electrons. The second-order valence-electron chi connectivity index (χ2n) is 7.43. The smallest absolute Gasteiger partial charge is 0.303 e. The monoisotopic (exact) mass is 393 g/mol. The predicted octanol–water partition coefficient (Wildman–Crippen LogP) is 5.84. The normalized spacial score (nSPS) is 11.0. The number of aryl methyl sites for hydroxylation is 1. The molecule has 0 saturated carbocycles. The van der Waals surface area contributed by atoms with Gasteiger partial charge >= 0.3 is 5.97 Å². The number of benzene rings is 2. The Morgan fingerprint density at radius 3 is 2.45 bits per heavy atom. The van der Waals surface area contributed by atoms with Crippen LogP contribution in [0.25, 0.3) is 11.3 Å². The van der Waals surface area contributed by atoms with Gasteiger partial charge in [0.2, 0.25) is 0 Å². The van der Waals surface area contributed by atoms with Crippen LogP contribution < -0.4 is 4.74 Å². The molecule has 3 aromatic rings. The number of hydrogen-bond donors (Lipinski definition) is 1. The number of carbonyl (C=O) groups is 1. The summed E-state index contributed by atoms with van der Waals surface area (Å²) < 4.78 is 11.7. The lowest BCUT2D eigenvalue weighted by atomic mass is 10.0. The molecule has 0 aliphatic heterocycles. The summed E-state index contributed by atoms with van der Waals surface area (Å²) in [6.45, 7) is 4.55. The fourth-order valence-electron chi connectivity index (χ4n) is 3.25. The number of carboxylic acids is 1. The van der Waals surface area contributed by atoms with E-state index in [1.165, 1.54) is 5.56 Å². The van der Waals surface area contributed by atoms with E-state index in [1.807, 2.05) is 54.6 Å². The minimum Gasteiger partial charge on any atom is -0.489 e.